The number of rotatable bonds is 4. The van der Waals surface area contributed by atoms with Crippen LogP contribution in [0.4, 0.5) is 4.39 Å². The number of halogens is 2. The molecule has 1 N–H and O–H groups in total. The highest BCUT2D eigenvalue weighted by Crippen LogP contribution is 2.23. The van der Waals surface area contributed by atoms with E-state index < -0.39 is 0 Å². The van der Waals surface area contributed by atoms with Crippen LogP contribution in [0.5, 0.6) is 0 Å². The van der Waals surface area contributed by atoms with Crippen LogP contribution in [-0.4, -0.2) is 6.54 Å². The molecule has 0 aliphatic rings. The summed E-state index contributed by atoms with van der Waals surface area (Å²) in [6, 6.07) is 4.95. The molecular formula is C11H15BrFN. The average molecular weight is 260 g/mol. The summed E-state index contributed by atoms with van der Waals surface area (Å²) in [7, 11) is 0. The van der Waals surface area contributed by atoms with Gasteiger partial charge in [0.15, 0.2) is 0 Å². The van der Waals surface area contributed by atoms with E-state index in [9.17, 15) is 4.39 Å². The molecule has 1 aromatic rings. The van der Waals surface area contributed by atoms with E-state index in [-0.39, 0.29) is 11.9 Å². The third-order valence-electron chi connectivity index (χ3n) is 2.13. The van der Waals surface area contributed by atoms with Crippen LogP contribution in [0.2, 0.25) is 0 Å². The molecule has 0 aliphatic heterocycles. The molecule has 1 aromatic carbocycles. The summed E-state index contributed by atoms with van der Waals surface area (Å²) in [5.41, 5.74) is 0.971. The Morgan fingerprint density at radius 2 is 2.21 bits per heavy atom. The van der Waals surface area contributed by atoms with E-state index in [0.29, 0.717) is 0 Å². The second-order valence-electron chi connectivity index (χ2n) is 3.34. The van der Waals surface area contributed by atoms with Gasteiger partial charge in [-0.2, -0.15) is 0 Å². The fourth-order valence-electron chi connectivity index (χ4n) is 1.32. The topological polar surface area (TPSA) is 12.0 Å². The average Bonchev–Trinajstić information content (AvgIpc) is 2.18. The molecule has 0 aliphatic carbocycles. The first-order chi connectivity index (χ1) is 6.65. The second kappa shape index (κ2) is 5.47. The van der Waals surface area contributed by atoms with E-state index in [1.807, 2.05) is 6.92 Å². The lowest BCUT2D eigenvalue weighted by Crippen LogP contribution is -2.19. The quantitative estimate of drug-likeness (QED) is 0.871. The molecule has 1 rings (SSSR count). The van der Waals surface area contributed by atoms with E-state index >= 15 is 0 Å². The molecule has 0 spiro atoms. The van der Waals surface area contributed by atoms with Gasteiger partial charge in [0.25, 0.3) is 0 Å². The molecular weight excluding hydrogens is 245 g/mol. The van der Waals surface area contributed by atoms with E-state index in [2.05, 4.69) is 28.2 Å². The molecule has 0 bridgehead atoms. The summed E-state index contributed by atoms with van der Waals surface area (Å²) >= 11 is 3.42. The third kappa shape index (κ3) is 3.07. The highest BCUT2D eigenvalue weighted by atomic mass is 79.9. The summed E-state index contributed by atoms with van der Waals surface area (Å²) in [5, 5.41) is 3.32. The molecule has 1 unspecified atom stereocenters. The van der Waals surface area contributed by atoms with Crippen LogP contribution in [0.25, 0.3) is 0 Å². The van der Waals surface area contributed by atoms with Gasteiger partial charge in [-0.25, -0.2) is 4.39 Å². The SMILES string of the molecule is CCCNC(C)c1cc(F)ccc1Br. The summed E-state index contributed by atoms with van der Waals surface area (Å²) in [4.78, 5) is 0. The minimum atomic E-state index is -0.187. The van der Waals surface area contributed by atoms with Gasteiger partial charge in [-0.3, -0.25) is 0 Å². The van der Waals surface area contributed by atoms with Crippen molar-refractivity contribution in [1.82, 2.24) is 5.32 Å². The van der Waals surface area contributed by atoms with E-state index in [4.69, 9.17) is 0 Å². The fraction of sp³-hybridized carbons (Fsp3) is 0.455. The van der Waals surface area contributed by atoms with E-state index in [1.54, 1.807) is 12.1 Å². The van der Waals surface area contributed by atoms with Crippen LogP contribution >= 0.6 is 15.9 Å². The summed E-state index contributed by atoms with van der Waals surface area (Å²) < 4.78 is 13.9. The molecule has 3 heteroatoms. The normalized spacial score (nSPS) is 12.9. The van der Waals surface area contributed by atoms with Gasteiger partial charge in [-0.1, -0.05) is 22.9 Å². The van der Waals surface area contributed by atoms with Crippen molar-refractivity contribution in [2.75, 3.05) is 6.54 Å². The van der Waals surface area contributed by atoms with Gasteiger partial charge in [0.1, 0.15) is 5.82 Å². The predicted octanol–water partition coefficient (Wildman–Crippen LogP) is 3.65. The standard InChI is InChI=1S/C11H15BrFN/c1-3-6-14-8(2)10-7-9(13)4-5-11(10)12/h4-5,7-8,14H,3,6H2,1-2H3. The molecule has 0 radical (unpaired) electrons. The van der Waals surface area contributed by atoms with Crippen molar-refractivity contribution in [3.8, 4) is 0 Å². The molecule has 0 heterocycles. The largest absolute Gasteiger partial charge is 0.310 e. The molecule has 1 atom stereocenters. The molecule has 78 valence electrons. The van der Waals surface area contributed by atoms with Crippen molar-refractivity contribution < 1.29 is 4.39 Å². The maximum atomic E-state index is 13.0. The van der Waals surface area contributed by atoms with Gasteiger partial charge in [0.05, 0.1) is 0 Å². The first kappa shape index (κ1) is 11.7. The third-order valence-corrected chi connectivity index (χ3v) is 2.85. The summed E-state index contributed by atoms with van der Waals surface area (Å²) in [6.07, 6.45) is 1.08. The lowest BCUT2D eigenvalue weighted by atomic mass is 10.1. The lowest BCUT2D eigenvalue weighted by Gasteiger charge is -2.15. The van der Waals surface area contributed by atoms with Crippen molar-refractivity contribution in [3.63, 3.8) is 0 Å². The monoisotopic (exact) mass is 259 g/mol. The minimum Gasteiger partial charge on any atom is -0.310 e. The highest BCUT2D eigenvalue weighted by molar-refractivity contribution is 9.10. The fourth-order valence-corrected chi connectivity index (χ4v) is 1.91. The maximum Gasteiger partial charge on any atom is 0.123 e. The number of benzene rings is 1. The van der Waals surface area contributed by atoms with Gasteiger partial charge >= 0.3 is 0 Å². The van der Waals surface area contributed by atoms with Gasteiger partial charge in [-0.05, 0) is 43.7 Å². The Kier molecular flexibility index (Phi) is 4.55. The van der Waals surface area contributed by atoms with Crippen molar-refractivity contribution in [2.24, 2.45) is 0 Å². The Balaban J connectivity index is 2.77. The van der Waals surface area contributed by atoms with Crippen LogP contribution in [0.3, 0.4) is 0 Å². The molecule has 0 aromatic heterocycles. The summed E-state index contributed by atoms with van der Waals surface area (Å²) in [6.45, 7) is 5.10. The molecule has 0 fully saturated rings. The first-order valence-electron chi connectivity index (χ1n) is 4.83. The molecule has 0 saturated carbocycles. The minimum absolute atomic E-state index is 0.181. The molecule has 0 saturated heterocycles. The van der Waals surface area contributed by atoms with Crippen molar-refractivity contribution in [3.05, 3.63) is 34.1 Å². The zero-order valence-corrected chi connectivity index (χ0v) is 10.1. The van der Waals surface area contributed by atoms with Crippen molar-refractivity contribution in [1.29, 1.82) is 0 Å². The Labute approximate surface area is 92.8 Å². The highest BCUT2D eigenvalue weighted by Gasteiger charge is 2.08. The van der Waals surface area contributed by atoms with E-state index in [0.717, 1.165) is 23.0 Å². The molecule has 0 amide bonds. The van der Waals surface area contributed by atoms with Crippen molar-refractivity contribution in [2.45, 2.75) is 26.3 Å². The van der Waals surface area contributed by atoms with Gasteiger partial charge in [-0.15, -0.1) is 0 Å². The van der Waals surface area contributed by atoms with Crippen LogP contribution in [-0.2, 0) is 0 Å². The zero-order chi connectivity index (χ0) is 10.6. The van der Waals surface area contributed by atoms with Gasteiger partial charge in [0.2, 0.25) is 0 Å². The molecule has 14 heavy (non-hydrogen) atoms. The number of nitrogens with one attached hydrogen (secondary N) is 1. The van der Waals surface area contributed by atoms with Crippen LogP contribution in [0, 0.1) is 5.82 Å². The van der Waals surface area contributed by atoms with Crippen molar-refractivity contribution >= 4 is 15.9 Å². The van der Waals surface area contributed by atoms with E-state index in [1.165, 1.54) is 6.07 Å². The van der Waals surface area contributed by atoms with Gasteiger partial charge < -0.3 is 5.32 Å². The first-order valence-corrected chi connectivity index (χ1v) is 5.62. The van der Waals surface area contributed by atoms with Gasteiger partial charge in [0, 0.05) is 10.5 Å². The Morgan fingerprint density at radius 3 is 2.86 bits per heavy atom. The number of hydrogen-bond donors (Lipinski definition) is 1. The lowest BCUT2D eigenvalue weighted by molar-refractivity contribution is 0.560. The molecule has 1 nitrogen and oxygen atoms in total. The van der Waals surface area contributed by atoms with Crippen LogP contribution < -0.4 is 5.32 Å². The zero-order valence-electron chi connectivity index (χ0n) is 8.48. The predicted molar refractivity (Wildman–Crippen MR) is 60.8 cm³/mol. The van der Waals surface area contributed by atoms with Crippen LogP contribution in [0.1, 0.15) is 31.9 Å². The Hall–Kier alpha value is -0.410. The van der Waals surface area contributed by atoms with Crippen LogP contribution in [0.15, 0.2) is 22.7 Å². The second-order valence-corrected chi connectivity index (χ2v) is 4.20. The maximum absolute atomic E-state index is 13.0. The Bertz CT molecular complexity index is 301. The smallest absolute Gasteiger partial charge is 0.123 e. The summed E-state index contributed by atoms with van der Waals surface area (Å²) in [5.74, 6) is -0.187. The number of hydrogen-bond acceptors (Lipinski definition) is 1. The Morgan fingerprint density at radius 1 is 1.50 bits per heavy atom.